The third-order valence-corrected chi connectivity index (χ3v) is 11.9. The SMILES string of the molecule is [2H]C([2H])([2H])C1(C([2H])([2H])[2H])C[C@H](CCCNc2cccc(S(=O)(=O)NC(=O)c3ccc(-n4ccc(OCCC5C6(CC6)C56CC6)n4)nc3Cl)n2)CN1C(=O)O. The zero-order valence-electron chi connectivity index (χ0n) is 32.0. The topological polar surface area (TPSA) is 169 Å². The van der Waals surface area contributed by atoms with Crippen molar-refractivity contribution in [1.29, 1.82) is 0 Å². The van der Waals surface area contributed by atoms with Crippen molar-refractivity contribution in [3.63, 3.8) is 0 Å². The van der Waals surface area contributed by atoms with Gasteiger partial charge in [0.1, 0.15) is 11.0 Å². The van der Waals surface area contributed by atoms with E-state index in [1.165, 1.54) is 60.7 Å². The third-order valence-electron chi connectivity index (χ3n) is 10.4. The molecule has 2 spiro atoms. The van der Waals surface area contributed by atoms with Gasteiger partial charge >= 0.3 is 6.09 Å². The number of pyridine rings is 2. The maximum Gasteiger partial charge on any atom is 0.407 e. The van der Waals surface area contributed by atoms with Crippen LogP contribution in [0.2, 0.25) is 5.15 Å². The quantitative estimate of drug-likeness (QED) is 0.156. The molecule has 3 saturated carbocycles. The summed E-state index contributed by atoms with van der Waals surface area (Å²) >= 11 is 6.32. The number of hydrogen-bond donors (Lipinski definition) is 3. The Labute approximate surface area is 292 Å². The number of sulfonamides is 1. The number of carbonyl (C=O) groups is 2. The molecule has 1 atom stereocenters. The molecule has 0 unspecified atom stereocenters. The van der Waals surface area contributed by atoms with Crippen LogP contribution in [0.3, 0.4) is 0 Å². The Hall–Kier alpha value is -3.91. The molecular weight excluding hydrogens is 658 g/mol. The number of rotatable bonds is 13. The van der Waals surface area contributed by atoms with Crippen molar-refractivity contribution in [3.8, 4) is 11.7 Å². The van der Waals surface area contributed by atoms with Crippen LogP contribution in [0.15, 0.2) is 47.6 Å². The van der Waals surface area contributed by atoms with Crippen LogP contribution >= 0.6 is 11.6 Å². The van der Waals surface area contributed by atoms with Crippen molar-refractivity contribution in [2.24, 2.45) is 22.7 Å². The fourth-order valence-electron chi connectivity index (χ4n) is 7.81. The lowest BCUT2D eigenvalue weighted by atomic mass is 9.93. The molecule has 2 amide bonds. The zero-order chi connectivity index (χ0) is 38.9. The summed E-state index contributed by atoms with van der Waals surface area (Å²) in [7, 11) is -4.46. The minimum atomic E-state index is -4.46. The van der Waals surface area contributed by atoms with E-state index in [4.69, 9.17) is 24.6 Å². The molecule has 15 heteroatoms. The minimum absolute atomic E-state index is 0.154. The number of hydrogen-bond acceptors (Lipinski definition) is 9. The number of likely N-dealkylation sites (tertiary alicyclic amines) is 1. The number of aromatic nitrogens is 4. The van der Waals surface area contributed by atoms with Gasteiger partial charge in [0.25, 0.3) is 15.9 Å². The first kappa shape index (κ1) is 26.0. The first-order chi connectivity index (χ1) is 25.3. The first-order valence-corrected chi connectivity index (χ1v) is 17.8. The number of anilines is 1. The highest BCUT2D eigenvalue weighted by molar-refractivity contribution is 7.90. The fraction of sp³-hybridized carbons (Fsp3) is 0.545. The predicted molar refractivity (Wildman–Crippen MR) is 177 cm³/mol. The molecule has 0 aromatic carbocycles. The van der Waals surface area contributed by atoms with Crippen LogP contribution in [0, 0.1) is 22.7 Å². The van der Waals surface area contributed by atoms with E-state index in [2.05, 4.69) is 20.4 Å². The van der Waals surface area contributed by atoms with Gasteiger partial charge in [0.15, 0.2) is 10.8 Å². The van der Waals surface area contributed by atoms with Gasteiger partial charge in [-0.3, -0.25) is 4.79 Å². The number of carboxylic acid groups (broad SMARTS) is 1. The third kappa shape index (κ3) is 6.08. The second kappa shape index (κ2) is 11.9. The molecule has 7 rings (SSSR count). The van der Waals surface area contributed by atoms with E-state index < -0.39 is 52.2 Å². The highest BCUT2D eigenvalue weighted by Crippen LogP contribution is 2.93. The second-order valence-corrected chi connectivity index (χ2v) is 15.3. The summed E-state index contributed by atoms with van der Waals surface area (Å²) in [6, 6.07) is 8.64. The van der Waals surface area contributed by atoms with E-state index in [1.807, 2.05) is 4.72 Å². The van der Waals surface area contributed by atoms with Crippen LogP contribution in [0.4, 0.5) is 10.6 Å². The smallest absolute Gasteiger partial charge is 0.407 e. The monoisotopic (exact) mass is 703 g/mol. The number of nitrogens with zero attached hydrogens (tertiary/aromatic N) is 5. The standard InChI is InChI=1S/C33H40ClN7O6S/c1-31(2)19-21(20-40(31)30(43)44)5-4-16-35-24-6-3-7-27(36-24)48(45,46)39-29(42)22-8-9-25(37-28(22)34)41-17-10-26(38-41)47-18-11-23-32(12-13-32)33(23)14-15-33/h3,6-10,17,21,23H,4-5,11-16,18-20H2,1-2H3,(H,35,36)(H,39,42)(H,43,44)/t21-/m0/s1/i1D3,2D3. The van der Waals surface area contributed by atoms with Crippen LogP contribution in [0.5, 0.6) is 5.88 Å². The number of amides is 2. The van der Waals surface area contributed by atoms with E-state index in [-0.39, 0.29) is 36.0 Å². The number of halogens is 1. The van der Waals surface area contributed by atoms with Gasteiger partial charge < -0.3 is 20.1 Å². The normalized spacial score (nSPS) is 23.7. The van der Waals surface area contributed by atoms with Crippen LogP contribution in [-0.2, 0) is 10.0 Å². The predicted octanol–water partition coefficient (Wildman–Crippen LogP) is 5.36. The summed E-state index contributed by atoms with van der Waals surface area (Å²) in [6.45, 7) is -5.59. The Morgan fingerprint density at radius 2 is 1.88 bits per heavy atom. The first-order valence-electron chi connectivity index (χ1n) is 19.0. The van der Waals surface area contributed by atoms with Gasteiger partial charge in [-0.2, -0.15) is 8.42 Å². The Bertz CT molecular complexity index is 2040. The Balaban J connectivity index is 0.908. The average Bonchev–Trinajstić information content (AvgIpc) is 4.03. The molecule has 1 saturated heterocycles. The lowest BCUT2D eigenvalue weighted by Gasteiger charge is -2.28. The molecule has 4 heterocycles. The molecule has 1 aliphatic heterocycles. The maximum atomic E-state index is 13.1. The Kier molecular flexibility index (Phi) is 6.45. The van der Waals surface area contributed by atoms with Crippen molar-refractivity contribution < 1.29 is 36.1 Å². The Morgan fingerprint density at radius 1 is 1.10 bits per heavy atom. The van der Waals surface area contributed by atoms with Crippen LogP contribution in [-0.4, -0.2) is 75.4 Å². The number of fused-ring (bicyclic) bond motifs is 1. The van der Waals surface area contributed by atoms with Gasteiger partial charge in [-0.15, -0.1) is 5.10 Å². The summed E-state index contributed by atoms with van der Waals surface area (Å²) < 4.78 is 82.9. The van der Waals surface area contributed by atoms with Crippen molar-refractivity contribution in [1.82, 2.24) is 29.4 Å². The summed E-state index contributed by atoms with van der Waals surface area (Å²) in [6.07, 6.45) is 6.76. The zero-order valence-corrected chi connectivity index (χ0v) is 27.6. The van der Waals surface area contributed by atoms with Crippen LogP contribution in [0.25, 0.3) is 5.82 Å². The van der Waals surface area contributed by atoms with Crippen LogP contribution in [0.1, 0.15) is 83.7 Å². The molecule has 4 aliphatic rings. The molecule has 3 aliphatic carbocycles. The molecule has 256 valence electrons. The molecule has 3 aromatic rings. The lowest BCUT2D eigenvalue weighted by Crippen LogP contribution is -2.41. The van der Waals surface area contributed by atoms with E-state index in [9.17, 15) is 23.1 Å². The van der Waals surface area contributed by atoms with Crippen molar-refractivity contribution in [2.45, 2.75) is 75.6 Å². The molecule has 3 N–H and O–H groups in total. The van der Waals surface area contributed by atoms with Crippen molar-refractivity contribution in [3.05, 3.63) is 53.3 Å². The molecule has 0 bridgehead atoms. The summed E-state index contributed by atoms with van der Waals surface area (Å²) in [5.74, 6) is 0.0986. The number of carbonyl (C=O) groups excluding carboxylic acids is 1. The van der Waals surface area contributed by atoms with E-state index in [0.29, 0.717) is 46.9 Å². The van der Waals surface area contributed by atoms with Crippen LogP contribution < -0.4 is 14.8 Å². The van der Waals surface area contributed by atoms with Gasteiger partial charge in [-0.25, -0.2) is 24.2 Å². The molecule has 0 radical (unpaired) electrons. The maximum absolute atomic E-state index is 13.1. The van der Waals surface area contributed by atoms with Gasteiger partial charge in [0.05, 0.1) is 12.2 Å². The van der Waals surface area contributed by atoms with Crippen molar-refractivity contribution >= 4 is 39.4 Å². The molecule has 48 heavy (non-hydrogen) atoms. The Morgan fingerprint density at radius 3 is 2.54 bits per heavy atom. The second-order valence-electron chi connectivity index (χ2n) is 13.3. The summed E-state index contributed by atoms with van der Waals surface area (Å²) in [5.41, 5.74) is -1.48. The van der Waals surface area contributed by atoms with Crippen molar-refractivity contribution in [2.75, 3.05) is 25.0 Å². The highest BCUT2D eigenvalue weighted by Gasteiger charge is 2.85. The molecule has 3 aromatic heterocycles. The van der Waals surface area contributed by atoms with Gasteiger partial charge in [-0.05, 0) is 112 Å². The number of ether oxygens (including phenoxy) is 1. The van der Waals surface area contributed by atoms with Gasteiger partial charge in [0, 0.05) is 39.1 Å². The molecule has 13 nitrogen and oxygen atoms in total. The van der Waals surface area contributed by atoms with Gasteiger partial charge in [0.2, 0.25) is 5.88 Å². The largest absolute Gasteiger partial charge is 0.477 e. The van der Waals surface area contributed by atoms with E-state index >= 15 is 0 Å². The fourth-order valence-corrected chi connectivity index (χ4v) is 8.98. The van der Waals surface area contributed by atoms with E-state index in [1.54, 1.807) is 12.3 Å². The average molecular weight is 704 g/mol. The molecular formula is C33H40ClN7O6S. The summed E-state index contributed by atoms with van der Waals surface area (Å²) in [5, 5.41) is 16.3. The molecule has 4 fully saturated rings. The van der Waals surface area contributed by atoms with Gasteiger partial charge in [-0.1, -0.05) is 17.7 Å². The van der Waals surface area contributed by atoms with E-state index in [0.717, 1.165) is 12.3 Å². The highest BCUT2D eigenvalue weighted by atomic mass is 35.5. The lowest BCUT2D eigenvalue weighted by molar-refractivity contribution is 0.0980. The minimum Gasteiger partial charge on any atom is -0.477 e. The number of nitrogens with one attached hydrogen (secondary N) is 2. The summed E-state index contributed by atoms with van der Waals surface area (Å²) in [4.78, 5) is 33.8.